The van der Waals surface area contributed by atoms with Crippen LogP contribution in [-0.4, -0.2) is 0 Å². The van der Waals surface area contributed by atoms with Gasteiger partial charge in [0.25, 0.3) is 0 Å². The Hall–Kier alpha value is -0.260. The topological polar surface area (TPSA) is 0 Å². The maximum atomic E-state index is 13.8. The molecule has 5 heteroatoms. The Morgan fingerprint density at radius 1 is 0.833 bits per heavy atom. The lowest BCUT2D eigenvalue weighted by atomic mass is 10.0. The predicted molar refractivity (Wildman–Crippen MR) is 79.0 cm³/mol. The number of alkyl halides is 1. The highest BCUT2D eigenvalue weighted by molar-refractivity contribution is 9.10. The van der Waals surface area contributed by atoms with Crippen LogP contribution in [0.25, 0.3) is 0 Å². The molecule has 0 saturated carbocycles. The van der Waals surface area contributed by atoms with Gasteiger partial charge in [-0.1, -0.05) is 59.9 Å². The molecule has 1 unspecified atom stereocenters. The summed E-state index contributed by atoms with van der Waals surface area (Å²) in [5, 5.41) is 0. The minimum atomic E-state index is -0.577. The monoisotopic (exact) mass is 438 g/mol. The predicted octanol–water partition coefficient (Wildman–Crippen LogP) is 5.97. The number of hydrogen-bond donors (Lipinski definition) is 0. The smallest absolute Gasteiger partial charge is 0.131 e. The summed E-state index contributed by atoms with van der Waals surface area (Å²) in [6.45, 7) is 0. The van der Waals surface area contributed by atoms with E-state index in [1.807, 2.05) is 24.3 Å². The summed E-state index contributed by atoms with van der Waals surface area (Å²) in [7, 11) is 0. The number of rotatable bonds is 2. The van der Waals surface area contributed by atoms with Crippen molar-refractivity contribution in [3.05, 3.63) is 68.1 Å². The van der Waals surface area contributed by atoms with E-state index in [2.05, 4.69) is 47.8 Å². The molecule has 0 saturated heterocycles. The van der Waals surface area contributed by atoms with Gasteiger partial charge in [0.05, 0.1) is 4.83 Å². The molecular weight excluding hydrogens is 434 g/mol. The van der Waals surface area contributed by atoms with Crippen molar-refractivity contribution in [1.29, 1.82) is 0 Å². The third-order valence-electron chi connectivity index (χ3n) is 2.46. The van der Waals surface area contributed by atoms with Crippen molar-refractivity contribution >= 4 is 47.8 Å². The van der Waals surface area contributed by atoms with Crippen LogP contribution >= 0.6 is 47.8 Å². The molecular formula is C13H7Br3F2. The van der Waals surface area contributed by atoms with Crippen LogP contribution in [0.2, 0.25) is 0 Å². The summed E-state index contributed by atoms with van der Waals surface area (Å²) < 4.78 is 28.9. The van der Waals surface area contributed by atoms with Crippen molar-refractivity contribution < 1.29 is 8.78 Å². The molecule has 0 radical (unpaired) electrons. The summed E-state index contributed by atoms with van der Waals surface area (Å²) in [6, 6.07) is 9.79. The van der Waals surface area contributed by atoms with E-state index in [1.165, 1.54) is 12.1 Å². The fourth-order valence-corrected chi connectivity index (χ4v) is 3.00. The SMILES string of the molecule is Fc1cc(Br)cc(F)c1C(Br)c1ccc(Br)cc1. The van der Waals surface area contributed by atoms with E-state index >= 15 is 0 Å². The maximum absolute atomic E-state index is 13.8. The van der Waals surface area contributed by atoms with Gasteiger partial charge >= 0.3 is 0 Å². The summed E-state index contributed by atoms with van der Waals surface area (Å²) in [6.07, 6.45) is 0. The Balaban J connectivity index is 2.46. The van der Waals surface area contributed by atoms with Crippen LogP contribution in [0.4, 0.5) is 8.78 Å². The molecule has 94 valence electrons. The highest BCUT2D eigenvalue weighted by Gasteiger charge is 2.20. The quantitative estimate of drug-likeness (QED) is 0.504. The Morgan fingerprint density at radius 2 is 1.33 bits per heavy atom. The molecule has 0 aliphatic carbocycles. The van der Waals surface area contributed by atoms with E-state index in [9.17, 15) is 8.78 Å². The summed E-state index contributed by atoms with van der Waals surface area (Å²) in [5.41, 5.74) is 0.804. The van der Waals surface area contributed by atoms with Gasteiger partial charge in [0.2, 0.25) is 0 Å². The summed E-state index contributed by atoms with van der Waals surface area (Å²) in [5.74, 6) is -1.15. The molecule has 0 bridgehead atoms. The fourth-order valence-electron chi connectivity index (χ4n) is 1.59. The number of benzene rings is 2. The second-order valence-electron chi connectivity index (χ2n) is 3.70. The van der Waals surface area contributed by atoms with Crippen molar-refractivity contribution in [2.24, 2.45) is 0 Å². The third kappa shape index (κ3) is 3.00. The molecule has 0 nitrogen and oxygen atoms in total. The standard InChI is InChI=1S/C13H7Br3F2/c14-8-3-1-7(2-4-8)13(16)12-10(17)5-9(15)6-11(12)18/h1-6,13H. The first-order chi connectivity index (χ1) is 8.49. The highest BCUT2D eigenvalue weighted by atomic mass is 79.9. The summed E-state index contributed by atoms with van der Waals surface area (Å²) in [4.78, 5) is -0.515. The van der Waals surface area contributed by atoms with Crippen molar-refractivity contribution in [2.75, 3.05) is 0 Å². The van der Waals surface area contributed by atoms with Gasteiger partial charge in [-0.05, 0) is 29.8 Å². The van der Waals surface area contributed by atoms with Crippen LogP contribution in [0.5, 0.6) is 0 Å². The van der Waals surface area contributed by atoms with Crippen LogP contribution in [-0.2, 0) is 0 Å². The van der Waals surface area contributed by atoms with Crippen LogP contribution in [0.1, 0.15) is 16.0 Å². The van der Waals surface area contributed by atoms with Gasteiger partial charge in [0.15, 0.2) is 0 Å². The minimum absolute atomic E-state index is 0.0144. The zero-order chi connectivity index (χ0) is 13.3. The fraction of sp³-hybridized carbons (Fsp3) is 0.0769. The summed E-state index contributed by atoms with van der Waals surface area (Å²) >= 11 is 9.71. The first kappa shape index (κ1) is 14.2. The Labute approximate surface area is 129 Å². The van der Waals surface area contributed by atoms with Crippen LogP contribution in [0.15, 0.2) is 45.3 Å². The lowest BCUT2D eigenvalue weighted by Crippen LogP contribution is -2.00. The van der Waals surface area contributed by atoms with E-state index in [0.29, 0.717) is 4.47 Å². The van der Waals surface area contributed by atoms with Gasteiger partial charge in [0.1, 0.15) is 11.6 Å². The normalized spacial score (nSPS) is 12.5. The van der Waals surface area contributed by atoms with Gasteiger partial charge in [-0.2, -0.15) is 0 Å². The maximum Gasteiger partial charge on any atom is 0.131 e. The van der Waals surface area contributed by atoms with Crippen LogP contribution in [0.3, 0.4) is 0 Å². The average Bonchev–Trinajstić information content (AvgIpc) is 2.28. The largest absolute Gasteiger partial charge is 0.206 e. The van der Waals surface area contributed by atoms with Gasteiger partial charge in [-0.15, -0.1) is 0 Å². The second-order valence-corrected chi connectivity index (χ2v) is 6.44. The van der Waals surface area contributed by atoms with Gasteiger partial charge in [-0.25, -0.2) is 8.78 Å². The van der Waals surface area contributed by atoms with Crippen molar-refractivity contribution in [3.63, 3.8) is 0 Å². The number of hydrogen-bond acceptors (Lipinski definition) is 0. The molecule has 0 heterocycles. The van der Waals surface area contributed by atoms with Gasteiger partial charge in [0, 0.05) is 14.5 Å². The highest BCUT2D eigenvalue weighted by Crippen LogP contribution is 2.35. The molecule has 0 N–H and O–H groups in total. The van der Waals surface area contributed by atoms with E-state index < -0.39 is 16.5 Å². The Morgan fingerprint density at radius 3 is 1.83 bits per heavy atom. The van der Waals surface area contributed by atoms with E-state index in [-0.39, 0.29) is 5.56 Å². The van der Waals surface area contributed by atoms with Gasteiger partial charge < -0.3 is 0 Å². The van der Waals surface area contributed by atoms with E-state index in [4.69, 9.17) is 0 Å². The molecule has 2 rings (SSSR count). The first-order valence-electron chi connectivity index (χ1n) is 5.03. The molecule has 2 aromatic rings. The lowest BCUT2D eigenvalue weighted by Gasteiger charge is -2.13. The van der Waals surface area contributed by atoms with Crippen molar-refractivity contribution in [3.8, 4) is 0 Å². The Kier molecular flexibility index (Phi) is 4.56. The first-order valence-corrected chi connectivity index (χ1v) is 7.53. The second kappa shape index (κ2) is 5.80. The Bertz CT molecular complexity index is 544. The molecule has 0 spiro atoms. The molecule has 0 fully saturated rings. The molecule has 0 aliphatic rings. The van der Waals surface area contributed by atoms with Gasteiger partial charge in [-0.3, -0.25) is 0 Å². The number of halogens is 5. The molecule has 0 aliphatic heterocycles. The third-order valence-corrected chi connectivity index (χ3v) is 4.43. The van der Waals surface area contributed by atoms with Crippen molar-refractivity contribution in [2.45, 2.75) is 4.83 Å². The van der Waals surface area contributed by atoms with E-state index in [1.54, 1.807) is 0 Å². The molecule has 2 aromatic carbocycles. The average molecular weight is 441 g/mol. The molecule has 1 atom stereocenters. The molecule has 18 heavy (non-hydrogen) atoms. The minimum Gasteiger partial charge on any atom is -0.206 e. The molecule has 0 amide bonds. The van der Waals surface area contributed by atoms with Crippen LogP contribution < -0.4 is 0 Å². The van der Waals surface area contributed by atoms with Crippen LogP contribution in [0, 0.1) is 11.6 Å². The van der Waals surface area contributed by atoms with E-state index in [0.717, 1.165) is 10.0 Å². The van der Waals surface area contributed by atoms with Crippen molar-refractivity contribution in [1.82, 2.24) is 0 Å². The lowest BCUT2D eigenvalue weighted by molar-refractivity contribution is 0.559. The zero-order valence-electron chi connectivity index (χ0n) is 8.93. The molecule has 0 aromatic heterocycles. The zero-order valence-corrected chi connectivity index (χ0v) is 13.7.